The van der Waals surface area contributed by atoms with Crippen LogP contribution in [0.5, 0.6) is 5.75 Å². The van der Waals surface area contributed by atoms with E-state index < -0.39 is 5.91 Å². The van der Waals surface area contributed by atoms with E-state index in [2.05, 4.69) is 11.9 Å². The van der Waals surface area contributed by atoms with Gasteiger partial charge >= 0.3 is 6.09 Å². The quantitative estimate of drug-likeness (QED) is 0.595. The summed E-state index contributed by atoms with van der Waals surface area (Å²) in [6.07, 6.45) is 1.35. The van der Waals surface area contributed by atoms with E-state index in [9.17, 15) is 19.5 Å². The van der Waals surface area contributed by atoms with Gasteiger partial charge in [-0.1, -0.05) is 20.4 Å². The maximum absolute atomic E-state index is 12.9. The number of aromatic hydroxyl groups is 1. The van der Waals surface area contributed by atoms with Gasteiger partial charge in [0.1, 0.15) is 5.75 Å². The van der Waals surface area contributed by atoms with E-state index >= 15 is 0 Å². The van der Waals surface area contributed by atoms with Crippen LogP contribution in [-0.2, 0) is 9.53 Å². The normalized spacial score (nSPS) is 14.4. The fraction of sp³-hybridized carbons (Fsp3) is 0.450. The fourth-order valence-electron chi connectivity index (χ4n) is 2.78. The molecule has 8 heteroatoms. The van der Waals surface area contributed by atoms with Crippen molar-refractivity contribution in [3.05, 3.63) is 36.4 Å². The first-order chi connectivity index (χ1) is 13.3. The van der Waals surface area contributed by atoms with Gasteiger partial charge in [-0.25, -0.2) is 4.79 Å². The smallest absolute Gasteiger partial charge is 0.409 e. The molecule has 1 aromatic rings. The summed E-state index contributed by atoms with van der Waals surface area (Å²) in [5.74, 6) is -0.677. The van der Waals surface area contributed by atoms with E-state index in [0.717, 1.165) is 6.08 Å². The second kappa shape index (κ2) is 9.77. The zero-order valence-corrected chi connectivity index (χ0v) is 16.3. The molecule has 1 saturated heterocycles. The van der Waals surface area contributed by atoms with E-state index in [4.69, 9.17) is 4.74 Å². The Kier molecular flexibility index (Phi) is 7.43. The molecule has 0 bridgehead atoms. The first kappa shape index (κ1) is 21.3. The molecule has 1 fully saturated rings. The van der Waals surface area contributed by atoms with Crippen LogP contribution in [0.4, 0.5) is 10.5 Å². The molecule has 0 atom stereocenters. The lowest BCUT2D eigenvalue weighted by Gasteiger charge is -2.22. The number of phenolic OH excluding ortho intramolecular Hbond substituents is 1. The highest BCUT2D eigenvalue weighted by Crippen LogP contribution is 2.24. The summed E-state index contributed by atoms with van der Waals surface area (Å²) >= 11 is 0. The number of hydrogen-bond acceptors (Lipinski definition) is 5. The van der Waals surface area contributed by atoms with E-state index in [1.165, 1.54) is 18.2 Å². The second-order valence-corrected chi connectivity index (χ2v) is 7.03. The number of hydrogen-bond donors (Lipinski definition) is 2. The molecule has 0 aromatic heterocycles. The third-order valence-corrected chi connectivity index (χ3v) is 4.26. The maximum atomic E-state index is 12.9. The predicted molar refractivity (Wildman–Crippen MR) is 105 cm³/mol. The number of amides is 3. The lowest BCUT2D eigenvalue weighted by molar-refractivity contribution is -0.111. The van der Waals surface area contributed by atoms with Crippen LogP contribution in [0.3, 0.4) is 0 Å². The molecular weight excluding hydrogens is 362 g/mol. The van der Waals surface area contributed by atoms with Crippen molar-refractivity contribution in [3.8, 4) is 5.75 Å². The number of rotatable bonds is 5. The van der Waals surface area contributed by atoms with Gasteiger partial charge in [0.2, 0.25) is 5.91 Å². The molecule has 2 N–H and O–H groups in total. The molecule has 28 heavy (non-hydrogen) atoms. The summed E-state index contributed by atoms with van der Waals surface area (Å²) in [4.78, 5) is 39.6. The third-order valence-electron chi connectivity index (χ3n) is 4.26. The van der Waals surface area contributed by atoms with Crippen molar-refractivity contribution in [3.63, 3.8) is 0 Å². The molecule has 1 aromatic carbocycles. The van der Waals surface area contributed by atoms with Crippen molar-refractivity contribution in [2.75, 3.05) is 38.1 Å². The maximum Gasteiger partial charge on any atom is 0.409 e. The fourth-order valence-corrected chi connectivity index (χ4v) is 2.78. The van der Waals surface area contributed by atoms with E-state index in [-0.39, 0.29) is 29.2 Å². The predicted octanol–water partition coefficient (Wildman–Crippen LogP) is 2.46. The number of anilines is 1. The SMILES string of the molecule is C=CC(=O)Nc1ccc(O)c(C(=O)N2CCCN(C(=O)OCC(C)C)CC2)c1. The van der Waals surface area contributed by atoms with Gasteiger partial charge in [0.15, 0.2) is 0 Å². The van der Waals surface area contributed by atoms with E-state index in [1.807, 2.05) is 13.8 Å². The summed E-state index contributed by atoms with van der Waals surface area (Å²) in [5.41, 5.74) is 0.484. The van der Waals surface area contributed by atoms with Crippen molar-refractivity contribution < 1.29 is 24.2 Å². The molecule has 0 saturated carbocycles. The second-order valence-electron chi connectivity index (χ2n) is 7.03. The van der Waals surface area contributed by atoms with Crippen LogP contribution < -0.4 is 5.32 Å². The molecule has 0 spiro atoms. The van der Waals surface area contributed by atoms with Gasteiger partial charge in [-0.2, -0.15) is 0 Å². The standard InChI is InChI=1S/C20H27N3O5/c1-4-18(25)21-15-6-7-17(24)16(12-15)19(26)22-8-5-9-23(11-10-22)20(27)28-13-14(2)3/h4,6-7,12,14,24H,1,5,8-11,13H2,2-3H3,(H,21,25). The summed E-state index contributed by atoms with van der Waals surface area (Å²) < 4.78 is 5.26. The molecule has 2 rings (SSSR count). The number of nitrogens with one attached hydrogen (secondary N) is 1. The first-order valence-electron chi connectivity index (χ1n) is 9.29. The van der Waals surface area contributed by atoms with Crippen molar-refractivity contribution >= 4 is 23.6 Å². The van der Waals surface area contributed by atoms with Gasteiger partial charge in [-0.3, -0.25) is 9.59 Å². The van der Waals surface area contributed by atoms with E-state index in [1.54, 1.807) is 9.80 Å². The van der Waals surface area contributed by atoms with Gasteiger partial charge in [-0.15, -0.1) is 0 Å². The van der Waals surface area contributed by atoms with E-state index in [0.29, 0.717) is 44.9 Å². The lowest BCUT2D eigenvalue weighted by atomic mass is 10.1. The van der Waals surface area contributed by atoms with Crippen LogP contribution in [0, 0.1) is 5.92 Å². The van der Waals surface area contributed by atoms with Gasteiger partial charge in [0.25, 0.3) is 5.91 Å². The summed E-state index contributed by atoms with van der Waals surface area (Å²) in [6.45, 7) is 9.31. The monoisotopic (exact) mass is 389 g/mol. The minimum Gasteiger partial charge on any atom is -0.507 e. The lowest BCUT2D eigenvalue weighted by Crippen LogP contribution is -2.38. The Morgan fingerprint density at radius 1 is 1.21 bits per heavy atom. The molecule has 8 nitrogen and oxygen atoms in total. The Morgan fingerprint density at radius 2 is 1.89 bits per heavy atom. The molecule has 152 valence electrons. The summed E-state index contributed by atoms with van der Waals surface area (Å²) in [5, 5.41) is 12.7. The van der Waals surface area contributed by atoms with Crippen LogP contribution in [0.25, 0.3) is 0 Å². The van der Waals surface area contributed by atoms with Gasteiger partial charge in [0.05, 0.1) is 12.2 Å². The van der Waals surface area contributed by atoms with Crippen molar-refractivity contribution in [1.82, 2.24) is 9.80 Å². The number of benzene rings is 1. The van der Waals surface area contributed by atoms with Crippen LogP contribution in [-0.4, -0.2) is 65.6 Å². The van der Waals surface area contributed by atoms with Gasteiger partial charge in [-0.05, 0) is 36.6 Å². The van der Waals surface area contributed by atoms with Crippen molar-refractivity contribution in [1.29, 1.82) is 0 Å². The van der Waals surface area contributed by atoms with Crippen LogP contribution in [0.1, 0.15) is 30.6 Å². The largest absolute Gasteiger partial charge is 0.507 e. The Balaban J connectivity index is 2.04. The highest BCUT2D eigenvalue weighted by Gasteiger charge is 2.25. The number of phenols is 1. The summed E-state index contributed by atoms with van der Waals surface area (Å²) in [7, 11) is 0. The number of ether oxygens (including phenoxy) is 1. The van der Waals surface area contributed by atoms with Gasteiger partial charge < -0.3 is 25.0 Å². The molecule has 0 unspecified atom stereocenters. The minimum atomic E-state index is -0.408. The average Bonchev–Trinajstić information content (AvgIpc) is 2.93. The zero-order chi connectivity index (χ0) is 20.7. The minimum absolute atomic E-state index is 0.0951. The molecule has 0 aliphatic carbocycles. The molecule has 1 heterocycles. The number of carbonyl (C=O) groups is 3. The summed E-state index contributed by atoms with van der Waals surface area (Å²) in [6, 6.07) is 4.29. The van der Waals surface area contributed by atoms with Crippen LogP contribution in [0.15, 0.2) is 30.9 Å². The highest BCUT2D eigenvalue weighted by molar-refractivity contribution is 6.02. The average molecular weight is 389 g/mol. The number of nitrogens with zero attached hydrogens (tertiary/aromatic N) is 2. The molecule has 1 aliphatic heterocycles. The number of carbonyl (C=O) groups excluding carboxylic acids is 3. The molecule has 3 amide bonds. The Labute approximate surface area is 164 Å². The third kappa shape index (κ3) is 5.73. The van der Waals surface area contributed by atoms with Crippen molar-refractivity contribution in [2.24, 2.45) is 5.92 Å². The first-order valence-corrected chi connectivity index (χ1v) is 9.29. The Morgan fingerprint density at radius 3 is 2.57 bits per heavy atom. The van der Waals surface area contributed by atoms with Crippen LogP contribution in [0.2, 0.25) is 0 Å². The Bertz CT molecular complexity index is 747. The Hall–Kier alpha value is -3.03. The zero-order valence-electron chi connectivity index (χ0n) is 16.3. The topological polar surface area (TPSA) is 99.2 Å². The van der Waals surface area contributed by atoms with Gasteiger partial charge in [0, 0.05) is 31.9 Å². The van der Waals surface area contributed by atoms with Crippen LogP contribution >= 0.6 is 0 Å². The highest BCUT2D eigenvalue weighted by atomic mass is 16.6. The molecular formula is C20H27N3O5. The van der Waals surface area contributed by atoms with Crippen molar-refractivity contribution in [2.45, 2.75) is 20.3 Å². The molecule has 1 aliphatic rings. The molecule has 0 radical (unpaired) electrons.